The summed E-state index contributed by atoms with van der Waals surface area (Å²) in [7, 11) is 0. The van der Waals surface area contributed by atoms with Gasteiger partial charge in [0.05, 0.1) is 6.61 Å². The van der Waals surface area contributed by atoms with Crippen molar-refractivity contribution >= 4 is 28.6 Å². The Morgan fingerprint density at radius 1 is 1.88 bits per heavy atom. The molecule has 0 fully saturated rings. The number of rotatable bonds is 2. The molecule has 0 saturated carbocycles. The summed E-state index contributed by atoms with van der Waals surface area (Å²) in [4.78, 5) is 0. The molecule has 0 aliphatic rings. The van der Waals surface area contributed by atoms with Crippen LogP contribution in [0, 0.1) is 0 Å². The summed E-state index contributed by atoms with van der Waals surface area (Å²) in [5.41, 5.74) is 0. The molecule has 0 saturated heterocycles. The largest absolute Gasteiger partial charge is 1.00 e. The van der Waals surface area contributed by atoms with Crippen LogP contribution in [0.4, 0.5) is 0 Å². The molecule has 8 heavy (non-hydrogen) atoms. The summed E-state index contributed by atoms with van der Waals surface area (Å²) in [5.74, 6) is 0. The molecule has 42 valence electrons. The predicted molar refractivity (Wildman–Crippen MR) is 31.8 cm³/mol. The SMILES string of the molecule is CCOSC([O-])=S.[K+]. The van der Waals surface area contributed by atoms with Gasteiger partial charge in [0.1, 0.15) is 0 Å². The first-order chi connectivity index (χ1) is 3.27. The molecule has 0 atom stereocenters. The van der Waals surface area contributed by atoms with Gasteiger partial charge in [0.15, 0.2) is 0 Å². The molecule has 0 N–H and O–H groups in total. The second kappa shape index (κ2) is 8.84. The molecule has 0 aliphatic heterocycles. The summed E-state index contributed by atoms with van der Waals surface area (Å²) in [6.07, 6.45) is 0. The van der Waals surface area contributed by atoms with Crippen molar-refractivity contribution in [3.63, 3.8) is 0 Å². The molecular formula is C3H5KO2S2. The summed E-state index contributed by atoms with van der Waals surface area (Å²) in [6, 6.07) is 0. The maximum absolute atomic E-state index is 9.86. The Bertz CT molecular complexity index is 68.3. The van der Waals surface area contributed by atoms with Crippen LogP contribution in [0.1, 0.15) is 6.92 Å². The van der Waals surface area contributed by atoms with Gasteiger partial charge in [-0.05, 0) is 6.92 Å². The van der Waals surface area contributed by atoms with Gasteiger partial charge >= 0.3 is 51.4 Å². The van der Waals surface area contributed by atoms with Gasteiger partial charge in [-0.15, -0.1) is 0 Å². The zero-order chi connectivity index (χ0) is 5.70. The van der Waals surface area contributed by atoms with Crippen LogP contribution in [-0.2, 0) is 4.18 Å². The maximum atomic E-state index is 9.86. The monoisotopic (exact) mass is 176 g/mol. The van der Waals surface area contributed by atoms with E-state index in [0.29, 0.717) is 18.6 Å². The average Bonchev–Trinajstić information content (AvgIpc) is 1.61. The fraction of sp³-hybridized carbons (Fsp3) is 0.667. The molecule has 0 bridgehead atoms. The Labute approximate surface area is 101 Å². The van der Waals surface area contributed by atoms with Crippen molar-refractivity contribution in [3.05, 3.63) is 0 Å². The van der Waals surface area contributed by atoms with E-state index in [-0.39, 0.29) is 51.4 Å². The van der Waals surface area contributed by atoms with Crippen molar-refractivity contribution in [2.24, 2.45) is 0 Å². The van der Waals surface area contributed by atoms with E-state index in [1.807, 2.05) is 0 Å². The third kappa shape index (κ3) is 10.8. The van der Waals surface area contributed by atoms with E-state index in [1.165, 1.54) is 0 Å². The molecule has 0 heterocycles. The number of hydrogen-bond donors (Lipinski definition) is 0. The summed E-state index contributed by atoms with van der Waals surface area (Å²) < 4.78 is 4.14. The molecule has 0 amide bonds. The normalized spacial score (nSPS) is 7.62. The number of hydrogen-bond acceptors (Lipinski definition) is 4. The Hall–Kier alpha value is 1.84. The minimum Gasteiger partial charge on any atom is -0.858 e. The van der Waals surface area contributed by atoms with Crippen molar-refractivity contribution in [1.29, 1.82) is 0 Å². The Kier molecular flexibility index (Phi) is 13.8. The van der Waals surface area contributed by atoms with Crippen LogP contribution in [0.2, 0.25) is 0 Å². The van der Waals surface area contributed by atoms with Gasteiger partial charge in [-0.2, -0.15) is 0 Å². The molecule has 0 spiro atoms. The first-order valence-corrected chi connectivity index (χ1v) is 2.92. The van der Waals surface area contributed by atoms with Crippen molar-refractivity contribution in [2.75, 3.05) is 6.61 Å². The third-order valence-corrected chi connectivity index (χ3v) is 0.939. The van der Waals surface area contributed by atoms with Gasteiger partial charge in [-0.3, -0.25) is 0 Å². The summed E-state index contributed by atoms with van der Waals surface area (Å²) in [6.45, 7) is 2.32. The predicted octanol–water partition coefficient (Wildman–Crippen LogP) is -2.68. The molecule has 0 unspecified atom stereocenters. The van der Waals surface area contributed by atoms with Crippen molar-refractivity contribution in [1.82, 2.24) is 0 Å². The number of thiocarbonyl (C=S) groups is 1. The van der Waals surface area contributed by atoms with Gasteiger partial charge in [0.25, 0.3) is 0 Å². The van der Waals surface area contributed by atoms with Crippen LogP contribution in [0.3, 0.4) is 0 Å². The van der Waals surface area contributed by atoms with Crippen molar-refractivity contribution < 1.29 is 60.7 Å². The van der Waals surface area contributed by atoms with Crippen LogP contribution in [0.15, 0.2) is 0 Å². The third-order valence-electron chi connectivity index (χ3n) is 0.245. The van der Waals surface area contributed by atoms with E-state index in [4.69, 9.17) is 0 Å². The molecule has 2 nitrogen and oxygen atoms in total. The van der Waals surface area contributed by atoms with Gasteiger partial charge < -0.3 is 9.29 Å². The van der Waals surface area contributed by atoms with E-state index < -0.39 is 4.38 Å². The molecule has 0 aromatic carbocycles. The van der Waals surface area contributed by atoms with Crippen LogP contribution in [0.25, 0.3) is 0 Å². The van der Waals surface area contributed by atoms with Crippen molar-refractivity contribution in [2.45, 2.75) is 6.92 Å². The van der Waals surface area contributed by atoms with Gasteiger partial charge in [-0.1, -0.05) is 12.2 Å². The second-order valence-corrected chi connectivity index (χ2v) is 2.14. The zero-order valence-electron chi connectivity index (χ0n) is 4.84. The van der Waals surface area contributed by atoms with E-state index >= 15 is 0 Å². The van der Waals surface area contributed by atoms with Crippen LogP contribution in [-0.4, -0.2) is 11.0 Å². The van der Waals surface area contributed by atoms with Gasteiger partial charge in [0.2, 0.25) is 0 Å². The van der Waals surface area contributed by atoms with E-state index in [2.05, 4.69) is 16.4 Å². The molecule has 5 heteroatoms. The Morgan fingerprint density at radius 3 is 2.50 bits per heavy atom. The van der Waals surface area contributed by atoms with Crippen LogP contribution in [0.5, 0.6) is 0 Å². The standard InChI is InChI=1S/C3H6O2S2.K/c1-2-5-7-3(4)6;/h2H2,1H3,(H,4,6);/q;+1/p-1. The molecule has 0 aliphatic carbocycles. The van der Waals surface area contributed by atoms with E-state index in [9.17, 15) is 5.11 Å². The summed E-state index contributed by atoms with van der Waals surface area (Å²) >= 11 is 4.85. The minimum absolute atomic E-state index is 0. The molecule has 0 aromatic rings. The first-order valence-electron chi connectivity index (χ1n) is 1.77. The molecule has 0 rings (SSSR count). The quantitative estimate of drug-likeness (QED) is 0.261. The van der Waals surface area contributed by atoms with Crippen LogP contribution >= 0.6 is 24.3 Å². The molecule has 0 radical (unpaired) electrons. The first kappa shape index (κ1) is 12.5. The fourth-order valence-electron chi connectivity index (χ4n) is 0.107. The summed E-state index contributed by atoms with van der Waals surface area (Å²) in [5, 5.41) is 9.86. The smallest absolute Gasteiger partial charge is 0.858 e. The van der Waals surface area contributed by atoms with Gasteiger partial charge in [-0.25, -0.2) is 0 Å². The van der Waals surface area contributed by atoms with E-state index in [0.717, 1.165) is 0 Å². The molecular weight excluding hydrogens is 171 g/mol. The topological polar surface area (TPSA) is 32.3 Å². The Morgan fingerprint density at radius 2 is 2.38 bits per heavy atom. The average molecular weight is 176 g/mol. The minimum atomic E-state index is -0.415. The Balaban J connectivity index is 0. The zero-order valence-corrected chi connectivity index (χ0v) is 9.60. The van der Waals surface area contributed by atoms with Gasteiger partial charge in [0, 0.05) is 16.4 Å². The maximum Gasteiger partial charge on any atom is 1.00 e. The fourth-order valence-corrected chi connectivity index (χ4v) is 0.465. The van der Waals surface area contributed by atoms with E-state index in [1.54, 1.807) is 6.92 Å². The second-order valence-electron chi connectivity index (χ2n) is 0.740. The van der Waals surface area contributed by atoms with Crippen molar-refractivity contribution in [3.8, 4) is 0 Å². The molecule has 0 aromatic heterocycles. The van der Waals surface area contributed by atoms with Crippen LogP contribution < -0.4 is 56.5 Å².